The van der Waals surface area contributed by atoms with E-state index >= 15 is 0 Å². The molecule has 0 spiro atoms. The second-order valence-electron chi connectivity index (χ2n) is 3.90. The Labute approximate surface area is 99.7 Å². The van der Waals surface area contributed by atoms with Crippen molar-refractivity contribution in [1.82, 2.24) is 0 Å². The fourth-order valence-corrected chi connectivity index (χ4v) is 1.78. The van der Waals surface area contributed by atoms with Crippen LogP contribution >= 0.6 is 15.9 Å². The van der Waals surface area contributed by atoms with Gasteiger partial charge in [0.15, 0.2) is 0 Å². The van der Waals surface area contributed by atoms with Crippen molar-refractivity contribution in [3.8, 4) is 5.75 Å². The molecule has 0 unspecified atom stereocenters. The molecule has 88 valence electrons. The van der Waals surface area contributed by atoms with Crippen molar-refractivity contribution in [3.63, 3.8) is 0 Å². The molecule has 2 rings (SSSR count). The number of hydrogen-bond acceptors (Lipinski definition) is 1. The highest BCUT2D eigenvalue weighted by Gasteiger charge is 2.31. The summed E-state index contributed by atoms with van der Waals surface area (Å²) in [6.45, 7) is 0.587. The SMILES string of the molecule is FC(F)(F)c1ccc(OCC2CC2)c(Br)c1. The number of halogens is 4. The van der Waals surface area contributed by atoms with E-state index in [4.69, 9.17) is 4.74 Å². The van der Waals surface area contributed by atoms with Crippen LogP contribution in [-0.4, -0.2) is 6.61 Å². The molecule has 5 heteroatoms. The monoisotopic (exact) mass is 294 g/mol. The van der Waals surface area contributed by atoms with Gasteiger partial charge in [-0.25, -0.2) is 0 Å². The third-order valence-corrected chi connectivity index (χ3v) is 3.05. The van der Waals surface area contributed by atoms with Gasteiger partial charge in [0, 0.05) is 0 Å². The number of benzene rings is 1. The first-order valence-corrected chi connectivity index (χ1v) is 5.75. The van der Waals surface area contributed by atoms with Gasteiger partial charge >= 0.3 is 6.18 Å². The summed E-state index contributed by atoms with van der Waals surface area (Å²) in [5.74, 6) is 1.05. The van der Waals surface area contributed by atoms with Gasteiger partial charge in [0.1, 0.15) is 5.75 Å². The minimum Gasteiger partial charge on any atom is -0.492 e. The summed E-state index contributed by atoms with van der Waals surface area (Å²) in [4.78, 5) is 0. The standard InChI is InChI=1S/C11H10BrF3O/c12-9-5-8(11(13,14)15)3-4-10(9)16-6-7-1-2-7/h3-5,7H,1-2,6H2. The zero-order chi connectivity index (χ0) is 11.8. The van der Waals surface area contributed by atoms with Gasteiger partial charge in [-0.05, 0) is 52.9 Å². The molecule has 1 aromatic rings. The van der Waals surface area contributed by atoms with Crippen molar-refractivity contribution in [3.05, 3.63) is 28.2 Å². The predicted octanol–water partition coefficient (Wildman–Crippen LogP) is 4.26. The first-order chi connectivity index (χ1) is 7.47. The Bertz CT molecular complexity index is 385. The molecule has 1 aliphatic rings. The maximum Gasteiger partial charge on any atom is 0.416 e. The van der Waals surface area contributed by atoms with Crippen LogP contribution in [0.1, 0.15) is 18.4 Å². The molecule has 1 nitrogen and oxygen atoms in total. The highest BCUT2D eigenvalue weighted by molar-refractivity contribution is 9.10. The maximum atomic E-state index is 12.4. The van der Waals surface area contributed by atoms with Gasteiger partial charge < -0.3 is 4.74 Å². The number of hydrogen-bond donors (Lipinski definition) is 0. The first-order valence-electron chi connectivity index (χ1n) is 4.96. The quantitative estimate of drug-likeness (QED) is 0.809. The van der Waals surface area contributed by atoms with Crippen molar-refractivity contribution in [2.45, 2.75) is 19.0 Å². The van der Waals surface area contributed by atoms with Gasteiger partial charge in [0.05, 0.1) is 16.6 Å². The van der Waals surface area contributed by atoms with Crippen LogP contribution in [0.25, 0.3) is 0 Å². The number of ether oxygens (including phenoxy) is 1. The second kappa shape index (κ2) is 4.28. The largest absolute Gasteiger partial charge is 0.492 e. The van der Waals surface area contributed by atoms with Crippen LogP contribution in [0.4, 0.5) is 13.2 Å². The highest BCUT2D eigenvalue weighted by Crippen LogP contribution is 2.36. The lowest BCUT2D eigenvalue weighted by atomic mass is 10.2. The lowest BCUT2D eigenvalue weighted by Crippen LogP contribution is -2.05. The van der Waals surface area contributed by atoms with Gasteiger partial charge in [-0.15, -0.1) is 0 Å². The molecule has 0 saturated heterocycles. The lowest BCUT2D eigenvalue weighted by Gasteiger charge is -2.11. The summed E-state index contributed by atoms with van der Waals surface area (Å²) in [5.41, 5.74) is -0.668. The molecule has 0 N–H and O–H groups in total. The van der Waals surface area contributed by atoms with Crippen LogP contribution in [0, 0.1) is 5.92 Å². The van der Waals surface area contributed by atoms with E-state index in [9.17, 15) is 13.2 Å². The maximum absolute atomic E-state index is 12.4. The van der Waals surface area contributed by atoms with Crippen LogP contribution < -0.4 is 4.74 Å². The molecule has 0 bridgehead atoms. The highest BCUT2D eigenvalue weighted by atomic mass is 79.9. The van der Waals surface area contributed by atoms with Crippen molar-refractivity contribution in [2.75, 3.05) is 6.61 Å². The molecule has 1 aliphatic carbocycles. The summed E-state index contributed by atoms with van der Waals surface area (Å²) < 4.78 is 42.9. The van der Waals surface area contributed by atoms with Crippen molar-refractivity contribution >= 4 is 15.9 Å². The van der Waals surface area contributed by atoms with E-state index in [0.29, 0.717) is 22.7 Å². The zero-order valence-electron chi connectivity index (χ0n) is 8.35. The zero-order valence-corrected chi connectivity index (χ0v) is 9.94. The Hall–Kier alpha value is -0.710. The van der Waals surface area contributed by atoms with Gasteiger partial charge in [-0.3, -0.25) is 0 Å². The van der Waals surface area contributed by atoms with Gasteiger partial charge in [0.25, 0.3) is 0 Å². The van der Waals surface area contributed by atoms with E-state index in [0.717, 1.165) is 25.0 Å². The third-order valence-electron chi connectivity index (χ3n) is 2.43. The molecule has 1 aromatic carbocycles. The number of rotatable bonds is 3. The van der Waals surface area contributed by atoms with Crippen molar-refractivity contribution in [1.29, 1.82) is 0 Å². The van der Waals surface area contributed by atoms with E-state index in [-0.39, 0.29) is 0 Å². The Morgan fingerprint density at radius 3 is 2.50 bits per heavy atom. The summed E-state index contributed by atoms with van der Waals surface area (Å²) in [6, 6.07) is 3.44. The molecule has 0 heterocycles. The van der Waals surface area contributed by atoms with Crippen molar-refractivity contribution in [2.24, 2.45) is 5.92 Å². The van der Waals surface area contributed by atoms with E-state index < -0.39 is 11.7 Å². The molecule has 0 amide bonds. The van der Waals surface area contributed by atoms with E-state index in [2.05, 4.69) is 15.9 Å². The van der Waals surface area contributed by atoms with E-state index in [1.807, 2.05) is 0 Å². The minimum absolute atomic E-state index is 0.350. The fourth-order valence-electron chi connectivity index (χ4n) is 1.29. The first kappa shape index (κ1) is 11.8. The van der Waals surface area contributed by atoms with Crippen LogP contribution in [-0.2, 0) is 6.18 Å². The Morgan fingerprint density at radius 2 is 2.00 bits per heavy atom. The molecule has 16 heavy (non-hydrogen) atoms. The molecule has 0 aromatic heterocycles. The van der Waals surface area contributed by atoms with Crippen LogP contribution in [0.3, 0.4) is 0 Å². The van der Waals surface area contributed by atoms with Crippen LogP contribution in [0.5, 0.6) is 5.75 Å². The Morgan fingerprint density at radius 1 is 1.31 bits per heavy atom. The molecular formula is C11H10BrF3O. The molecule has 0 atom stereocenters. The van der Waals surface area contributed by atoms with Crippen LogP contribution in [0.15, 0.2) is 22.7 Å². The Balaban J connectivity index is 2.09. The summed E-state index contributed by atoms with van der Waals surface area (Å²) in [5, 5.41) is 0. The molecular weight excluding hydrogens is 285 g/mol. The topological polar surface area (TPSA) is 9.23 Å². The Kier molecular flexibility index (Phi) is 3.15. The normalized spacial score (nSPS) is 16.2. The van der Waals surface area contributed by atoms with E-state index in [1.165, 1.54) is 6.07 Å². The minimum atomic E-state index is -4.31. The summed E-state index contributed by atoms with van der Waals surface area (Å²) in [6.07, 6.45) is -2.01. The summed E-state index contributed by atoms with van der Waals surface area (Å²) >= 11 is 3.09. The molecule has 1 fully saturated rings. The number of alkyl halides is 3. The van der Waals surface area contributed by atoms with Gasteiger partial charge in [-0.2, -0.15) is 13.2 Å². The average molecular weight is 295 g/mol. The second-order valence-corrected chi connectivity index (χ2v) is 4.75. The molecule has 0 radical (unpaired) electrons. The molecule has 0 aliphatic heterocycles. The van der Waals surface area contributed by atoms with Crippen molar-refractivity contribution < 1.29 is 17.9 Å². The van der Waals surface area contributed by atoms with E-state index in [1.54, 1.807) is 0 Å². The van der Waals surface area contributed by atoms with Crippen LogP contribution in [0.2, 0.25) is 0 Å². The average Bonchev–Trinajstić information content (AvgIpc) is 2.98. The lowest BCUT2D eigenvalue weighted by molar-refractivity contribution is -0.137. The molecule has 1 saturated carbocycles. The smallest absolute Gasteiger partial charge is 0.416 e. The van der Waals surface area contributed by atoms with Gasteiger partial charge in [-0.1, -0.05) is 0 Å². The predicted molar refractivity (Wildman–Crippen MR) is 57.4 cm³/mol. The summed E-state index contributed by atoms with van der Waals surface area (Å²) in [7, 11) is 0. The van der Waals surface area contributed by atoms with Gasteiger partial charge in [0.2, 0.25) is 0 Å². The third kappa shape index (κ3) is 2.90. The fraction of sp³-hybridized carbons (Fsp3) is 0.455.